The molecule has 0 radical (unpaired) electrons. The molecule has 2 aromatic carbocycles. The minimum Gasteiger partial charge on any atom is -0.509 e. The highest BCUT2D eigenvalue weighted by Gasteiger charge is 2.46. The summed E-state index contributed by atoms with van der Waals surface area (Å²) >= 11 is 0. The number of carbonyl (C=O) groups excluding carboxylic acids is 2. The quantitative estimate of drug-likeness (QED) is 0.591. The van der Waals surface area contributed by atoms with Gasteiger partial charge in [0.05, 0.1) is 19.1 Å². The van der Waals surface area contributed by atoms with Crippen molar-refractivity contribution in [2.45, 2.75) is 37.8 Å². The van der Waals surface area contributed by atoms with E-state index in [0.29, 0.717) is 0 Å². The van der Waals surface area contributed by atoms with Gasteiger partial charge < -0.3 is 20.5 Å². The molecule has 0 fully saturated rings. The molecule has 0 unspecified atom stereocenters. The minimum absolute atomic E-state index is 0.00425. The molecule has 2 heterocycles. The lowest BCUT2D eigenvalue weighted by atomic mass is 9.98. The Balaban J connectivity index is 1.75. The van der Waals surface area contributed by atoms with Crippen LogP contribution in [0.2, 0.25) is 0 Å². The number of aliphatic hydroxyl groups excluding tert-OH is 1. The van der Waals surface area contributed by atoms with Gasteiger partial charge in [0.15, 0.2) is 0 Å². The second kappa shape index (κ2) is 8.94. The summed E-state index contributed by atoms with van der Waals surface area (Å²) in [4.78, 5) is 25.9. The zero-order chi connectivity index (χ0) is 24.6. The SMILES string of the molecule is CC(C)[C@H]1C(O)=C(C2=NS(=O)(=O)c3c(OCCC(N)=O)cccc32)C(=O)N1Cc1ccccc1. The maximum Gasteiger partial charge on any atom is 0.287 e. The van der Waals surface area contributed by atoms with Crippen molar-refractivity contribution >= 4 is 27.5 Å². The minimum atomic E-state index is -4.20. The van der Waals surface area contributed by atoms with E-state index in [1.54, 1.807) is 6.07 Å². The van der Waals surface area contributed by atoms with Crippen LogP contribution in [0.5, 0.6) is 5.75 Å². The molecule has 10 heteroatoms. The molecule has 0 bridgehead atoms. The van der Waals surface area contributed by atoms with Crippen LogP contribution in [0.4, 0.5) is 0 Å². The first kappa shape index (κ1) is 23.5. The number of fused-ring (bicyclic) bond motifs is 1. The zero-order valence-electron chi connectivity index (χ0n) is 18.8. The molecule has 0 saturated heterocycles. The van der Waals surface area contributed by atoms with Crippen molar-refractivity contribution in [3.8, 4) is 5.75 Å². The Morgan fingerprint density at radius 3 is 2.53 bits per heavy atom. The van der Waals surface area contributed by atoms with Gasteiger partial charge in [-0.25, -0.2) is 0 Å². The van der Waals surface area contributed by atoms with Crippen molar-refractivity contribution in [3.63, 3.8) is 0 Å². The fraction of sp³-hybridized carbons (Fsp3) is 0.292. The molecule has 2 amide bonds. The second-order valence-corrected chi connectivity index (χ2v) is 10.0. The number of nitrogens with zero attached hydrogens (tertiary/aromatic N) is 2. The molecule has 1 atom stereocenters. The number of amides is 2. The Bertz CT molecular complexity index is 1320. The van der Waals surface area contributed by atoms with Gasteiger partial charge in [-0.15, -0.1) is 0 Å². The maximum atomic E-state index is 13.5. The van der Waals surface area contributed by atoms with E-state index in [1.807, 2.05) is 44.2 Å². The third-order valence-electron chi connectivity index (χ3n) is 5.72. The molecular formula is C24H25N3O6S. The van der Waals surface area contributed by atoms with Crippen molar-refractivity contribution in [2.75, 3.05) is 6.61 Å². The van der Waals surface area contributed by atoms with Crippen LogP contribution in [0.3, 0.4) is 0 Å². The Morgan fingerprint density at radius 2 is 1.88 bits per heavy atom. The van der Waals surface area contributed by atoms with Crippen LogP contribution in [-0.2, 0) is 26.2 Å². The zero-order valence-corrected chi connectivity index (χ0v) is 19.6. The molecule has 34 heavy (non-hydrogen) atoms. The summed E-state index contributed by atoms with van der Waals surface area (Å²) in [6.07, 6.45) is -0.0909. The van der Waals surface area contributed by atoms with E-state index >= 15 is 0 Å². The van der Waals surface area contributed by atoms with E-state index in [2.05, 4.69) is 4.40 Å². The van der Waals surface area contributed by atoms with Gasteiger partial charge >= 0.3 is 0 Å². The number of sulfonamides is 1. The number of primary amides is 1. The topological polar surface area (TPSA) is 139 Å². The summed E-state index contributed by atoms with van der Waals surface area (Å²) in [5.74, 6) is -1.42. The van der Waals surface area contributed by atoms with Crippen LogP contribution in [0.1, 0.15) is 31.4 Å². The van der Waals surface area contributed by atoms with Crippen LogP contribution in [0, 0.1) is 5.92 Å². The lowest BCUT2D eigenvalue weighted by Gasteiger charge is -2.28. The molecule has 0 saturated carbocycles. The van der Waals surface area contributed by atoms with Gasteiger partial charge in [0.1, 0.15) is 27.7 Å². The fourth-order valence-electron chi connectivity index (χ4n) is 4.26. The van der Waals surface area contributed by atoms with E-state index in [4.69, 9.17) is 10.5 Å². The highest BCUT2D eigenvalue weighted by Crippen LogP contribution is 2.40. The van der Waals surface area contributed by atoms with Crippen molar-refractivity contribution in [2.24, 2.45) is 16.0 Å². The van der Waals surface area contributed by atoms with E-state index in [0.717, 1.165) is 5.56 Å². The Kier molecular flexibility index (Phi) is 6.18. The van der Waals surface area contributed by atoms with Crippen LogP contribution in [0.15, 0.2) is 69.2 Å². The monoisotopic (exact) mass is 483 g/mol. The molecule has 2 aliphatic heterocycles. The van der Waals surface area contributed by atoms with E-state index < -0.39 is 27.9 Å². The third-order valence-corrected chi connectivity index (χ3v) is 7.08. The number of nitrogens with two attached hydrogens (primary N) is 1. The van der Waals surface area contributed by atoms with Crippen molar-refractivity contribution < 1.29 is 27.9 Å². The molecule has 3 N–H and O–H groups in total. The Labute approximate surface area is 197 Å². The summed E-state index contributed by atoms with van der Waals surface area (Å²) < 4.78 is 35.3. The van der Waals surface area contributed by atoms with Crippen molar-refractivity contribution in [3.05, 3.63) is 71.0 Å². The first-order chi connectivity index (χ1) is 16.1. The average molecular weight is 484 g/mol. The molecule has 178 valence electrons. The number of ether oxygens (including phenoxy) is 1. The lowest BCUT2D eigenvalue weighted by Crippen LogP contribution is -2.38. The first-order valence-corrected chi connectivity index (χ1v) is 12.2. The number of rotatable bonds is 8. The highest BCUT2D eigenvalue weighted by atomic mass is 32.2. The van der Waals surface area contributed by atoms with Crippen LogP contribution < -0.4 is 10.5 Å². The summed E-state index contributed by atoms with van der Waals surface area (Å²) in [6.45, 7) is 3.89. The van der Waals surface area contributed by atoms with Gasteiger partial charge in [0.2, 0.25) is 5.91 Å². The smallest absolute Gasteiger partial charge is 0.287 e. The first-order valence-electron chi connectivity index (χ1n) is 10.8. The summed E-state index contributed by atoms with van der Waals surface area (Å²) in [5.41, 5.74) is 5.92. The number of hydrogen-bond acceptors (Lipinski definition) is 6. The second-order valence-electron chi connectivity index (χ2n) is 8.48. The Hall–Kier alpha value is -3.66. The number of carbonyl (C=O) groups is 2. The van der Waals surface area contributed by atoms with E-state index in [1.165, 1.54) is 17.0 Å². The van der Waals surface area contributed by atoms with Crippen LogP contribution >= 0.6 is 0 Å². The maximum absolute atomic E-state index is 13.5. The van der Waals surface area contributed by atoms with Gasteiger partial charge in [-0.3, -0.25) is 9.59 Å². The molecule has 0 aliphatic carbocycles. The van der Waals surface area contributed by atoms with Gasteiger partial charge in [-0.2, -0.15) is 12.8 Å². The number of aliphatic hydroxyl groups is 1. The van der Waals surface area contributed by atoms with Crippen LogP contribution in [-0.4, -0.2) is 48.6 Å². The molecule has 2 aliphatic rings. The van der Waals surface area contributed by atoms with Crippen molar-refractivity contribution in [1.29, 1.82) is 0 Å². The largest absolute Gasteiger partial charge is 0.509 e. The van der Waals surface area contributed by atoms with Gasteiger partial charge in [-0.05, 0) is 17.5 Å². The Morgan fingerprint density at radius 1 is 1.18 bits per heavy atom. The number of benzene rings is 2. The molecule has 9 nitrogen and oxygen atoms in total. The predicted octanol–water partition coefficient (Wildman–Crippen LogP) is 2.31. The molecule has 0 spiro atoms. The lowest BCUT2D eigenvalue weighted by molar-refractivity contribution is -0.128. The standard InChI is InChI=1S/C24H25N3O6S/c1-14(2)21-22(29)19(24(30)27(21)13-15-7-4-3-5-8-15)20-16-9-6-10-17(33-12-11-18(25)28)23(16)34(31,32)26-20/h3-10,14,21,29H,11-13H2,1-2H3,(H2,25,28)/t21-/m0/s1. The van der Waals surface area contributed by atoms with E-state index in [-0.39, 0.29) is 58.7 Å². The third kappa shape index (κ3) is 4.16. The summed E-state index contributed by atoms with van der Waals surface area (Å²) in [6, 6.07) is 13.2. The van der Waals surface area contributed by atoms with Gasteiger partial charge in [0, 0.05) is 12.1 Å². The van der Waals surface area contributed by atoms with E-state index in [9.17, 15) is 23.1 Å². The molecule has 0 aromatic heterocycles. The highest BCUT2D eigenvalue weighted by molar-refractivity contribution is 7.91. The summed E-state index contributed by atoms with van der Waals surface area (Å²) in [5, 5.41) is 11.1. The van der Waals surface area contributed by atoms with Crippen molar-refractivity contribution in [1.82, 2.24) is 4.90 Å². The van der Waals surface area contributed by atoms with Gasteiger partial charge in [-0.1, -0.05) is 56.3 Å². The molecule has 4 rings (SSSR count). The summed E-state index contributed by atoms with van der Waals surface area (Å²) in [7, 11) is -4.20. The van der Waals surface area contributed by atoms with Crippen LogP contribution in [0.25, 0.3) is 0 Å². The number of hydrogen-bond donors (Lipinski definition) is 2. The molecule has 2 aromatic rings. The average Bonchev–Trinajstić information content (AvgIpc) is 3.18. The molecular weight excluding hydrogens is 458 g/mol. The normalized spacial score (nSPS) is 18.9. The van der Waals surface area contributed by atoms with Gasteiger partial charge in [0.25, 0.3) is 15.9 Å². The predicted molar refractivity (Wildman–Crippen MR) is 125 cm³/mol. The fourth-order valence-corrected chi connectivity index (χ4v) is 5.61.